The molecule has 1 aromatic carbocycles. The summed E-state index contributed by atoms with van der Waals surface area (Å²) in [6.07, 6.45) is 6.84. The van der Waals surface area contributed by atoms with Crippen LogP contribution in [0.1, 0.15) is 37.4 Å². The van der Waals surface area contributed by atoms with Gasteiger partial charge in [-0.05, 0) is 43.9 Å². The van der Waals surface area contributed by atoms with Crippen LogP contribution in [0.2, 0.25) is 0 Å². The second-order valence-electron chi connectivity index (χ2n) is 6.34. The van der Waals surface area contributed by atoms with Gasteiger partial charge in [0, 0.05) is 36.9 Å². The van der Waals surface area contributed by atoms with Gasteiger partial charge in [0.05, 0.1) is 0 Å². The highest BCUT2D eigenvalue weighted by atomic mass is 15.2. The maximum Gasteiger partial charge on any atom is 0.133 e. The van der Waals surface area contributed by atoms with Crippen LogP contribution in [0.25, 0.3) is 0 Å². The van der Waals surface area contributed by atoms with Gasteiger partial charge in [-0.15, -0.1) is 0 Å². The highest BCUT2D eigenvalue weighted by Gasteiger charge is 2.28. The number of nitrogens with zero attached hydrogens (tertiary/aromatic N) is 3. The second-order valence-corrected chi connectivity index (χ2v) is 6.34. The van der Waals surface area contributed by atoms with E-state index in [9.17, 15) is 0 Å². The molecule has 1 aliphatic heterocycles. The van der Waals surface area contributed by atoms with Gasteiger partial charge < -0.3 is 10.2 Å². The van der Waals surface area contributed by atoms with Crippen LogP contribution in [0.5, 0.6) is 0 Å². The van der Waals surface area contributed by atoms with Crippen LogP contribution in [0.4, 0.5) is 11.5 Å². The lowest BCUT2D eigenvalue weighted by molar-refractivity contribution is 0.526. The Morgan fingerprint density at radius 3 is 2.73 bits per heavy atom. The number of benzene rings is 1. The Morgan fingerprint density at radius 2 is 1.91 bits per heavy atom. The molecule has 1 unspecified atom stereocenters. The molecular formula is C18H22N4. The van der Waals surface area contributed by atoms with E-state index in [0.717, 1.165) is 24.7 Å². The maximum atomic E-state index is 4.79. The van der Waals surface area contributed by atoms with Crippen LogP contribution in [-0.2, 0) is 0 Å². The van der Waals surface area contributed by atoms with Gasteiger partial charge in [0.25, 0.3) is 0 Å². The topological polar surface area (TPSA) is 41.0 Å². The van der Waals surface area contributed by atoms with Crippen LogP contribution in [-0.4, -0.2) is 29.1 Å². The number of para-hydroxylation sites is 1. The van der Waals surface area contributed by atoms with Crippen LogP contribution in [0.3, 0.4) is 0 Å². The van der Waals surface area contributed by atoms with Gasteiger partial charge in [-0.2, -0.15) is 0 Å². The Morgan fingerprint density at radius 1 is 1.05 bits per heavy atom. The molecule has 1 N–H and O–H groups in total. The van der Waals surface area contributed by atoms with E-state index in [-0.39, 0.29) is 0 Å². The Hall–Kier alpha value is -2.10. The normalized spacial score (nSPS) is 21.6. The van der Waals surface area contributed by atoms with Crippen molar-refractivity contribution >= 4 is 11.5 Å². The first kappa shape index (κ1) is 13.6. The van der Waals surface area contributed by atoms with Gasteiger partial charge in [-0.1, -0.05) is 18.2 Å². The van der Waals surface area contributed by atoms with E-state index in [0.29, 0.717) is 12.0 Å². The zero-order valence-electron chi connectivity index (χ0n) is 12.8. The van der Waals surface area contributed by atoms with Crippen LogP contribution < -0.4 is 10.2 Å². The van der Waals surface area contributed by atoms with Gasteiger partial charge in [0.15, 0.2) is 0 Å². The Balaban J connectivity index is 1.45. The average Bonchev–Trinajstić information content (AvgIpc) is 3.41. The fourth-order valence-corrected chi connectivity index (χ4v) is 3.15. The molecule has 1 aliphatic carbocycles. The molecule has 1 saturated carbocycles. The van der Waals surface area contributed by atoms with Crippen molar-refractivity contribution in [1.29, 1.82) is 0 Å². The first-order valence-electron chi connectivity index (χ1n) is 8.28. The largest absolute Gasteiger partial charge is 0.381 e. The highest BCUT2D eigenvalue weighted by Crippen LogP contribution is 2.38. The summed E-state index contributed by atoms with van der Waals surface area (Å²) in [7, 11) is 0. The van der Waals surface area contributed by atoms with Crippen LogP contribution >= 0.6 is 0 Å². The van der Waals surface area contributed by atoms with E-state index in [2.05, 4.69) is 51.6 Å². The molecule has 0 radical (unpaired) electrons. The van der Waals surface area contributed by atoms with Crippen molar-refractivity contribution in [3.63, 3.8) is 0 Å². The van der Waals surface area contributed by atoms with Crippen molar-refractivity contribution in [3.8, 4) is 0 Å². The lowest BCUT2D eigenvalue weighted by atomic mass is 10.1. The molecule has 22 heavy (non-hydrogen) atoms. The fraction of sp³-hybridized carbons (Fsp3) is 0.444. The fourth-order valence-electron chi connectivity index (χ4n) is 3.15. The van der Waals surface area contributed by atoms with Crippen molar-refractivity contribution in [1.82, 2.24) is 9.97 Å². The first-order chi connectivity index (χ1) is 10.9. The number of hydrogen-bond donors (Lipinski definition) is 1. The van der Waals surface area contributed by atoms with Crippen molar-refractivity contribution in [3.05, 3.63) is 48.4 Å². The highest BCUT2D eigenvalue weighted by molar-refractivity contribution is 5.45. The summed E-state index contributed by atoms with van der Waals surface area (Å²) >= 11 is 0. The number of rotatable bonds is 4. The minimum Gasteiger partial charge on any atom is -0.381 e. The smallest absolute Gasteiger partial charge is 0.133 e. The monoisotopic (exact) mass is 294 g/mol. The zero-order chi connectivity index (χ0) is 14.8. The van der Waals surface area contributed by atoms with E-state index in [4.69, 9.17) is 4.98 Å². The van der Waals surface area contributed by atoms with Gasteiger partial charge in [0.2, 0.25) is 0 Å². The molecule has 2 heterocycles. The number of nitrogens with one attached hydrogen (secondary N) is 1. The molecular weight excluding hydrogens is 272 g/mol. The van der Waals surface area contributed by atoms with Crippen molar-refractivity contribution in [2.75, 3.05) is 23.3 Å². The van der Waals surface area contributed by atoms with Gasteiger partial charge in [0.1, 0.15) is 11.6 Å². The third kappa shape index (κ3) is 3.06. The lowest BCUT2D eigenvalue weighted by Crippen LogP contribution is -2.42. The molecule has 2 aromatic rings. The summed E-state index contributed by atoms with van der Waals surface area (Å²) in [4.78, 5) is 11.6. The molecule has 4 rings (SSSR count). The minimum absolute atomic E-state index is 0.482. The number of piperidine rings is 1. The molecule has 0 amide bonds. The zero-order valence-corrected chi connectivity index (χ0v) is 12.8. The second kappa shape index (κ2) is 5.95. The Kier molecular flexibility index (Phi) is 3.67. The lowest BCUT2D eigenvalue weighted by Gasteiger charge is -2.34. The molecule has 4 heteroatoms. The Bertz CT molecular complexity index is 624. The van der Waals surface area contributed by atoms with Crippen LogP contribution in [0, 0.1) is 0 Å². The van der Waals surface area contributed by atoms with E-state index < -0.39 is 0 Å². The molecule has 114 valence electrons. The molecule has 2 fully saturated rings. The number of hydrogen-bond acceptors (Lipinski definition) is 4. The van der Waals surface area contributed by atoms with E-state index in [1.165, 1.54) is 31.4 Å². The minimum atomic E-state index is 0.482. The van der Waals surface area contributed by atoms with Crippen molar-refractivity contribution < 1.29 is 0 Å². The van der Waals surface area contributed by atoms with Gasteiger partial charge in [-0.3, -0.25) is 0 Å². The summed E-state index contributed by atoms with van der Waals surface area (Å²) in [5.74, 6) is 2.75. The number of aromatic nitrogens is 2. The molecule has 4 nitrogen and oxygen atoms in total. The third-order valence-corrected chi connectivity index (χ3v) is 4.49. The molecule has 1 aromatic heterocycles. The molecule has 0 spiro atoms. The van der Waals surface area contributed by atoms with Gasteiger partial charge in [-0.25, -0.2) is 9.97 Å². The summed E-state index contributed by atoms with van der Waals surface area (Å²) in [5, 5.41) is 3.65. The summed E-state index contributed by atoms with van der Waals surface area (Å²) in [5.41, 5.74) is 1.20. The van der Waals surface area contributed by atoms with Gasteiger partial charge >= 0.3 is 0 Å². The van der Waals surface area contributed by atoms with E-state index in [1.54, 1.807) is 0 Å². The number of anilines is 2. The molecule has 0 bridgehead atoms. The average molecular weight is 294 g/mol. The SMILES string of the molecule is c1ccc(NC2CCCN(c3ccnc(C4CC4)n3)C2)cc1. The molecule has 1 saturated heterocycles. The van der Waals surface area contributed by atoms with E-state index in [1.807, 2.05) is 6.20 Å². The summed E-state index contributed by atoms with van der Waals surface area (Å²) in [6.45, 7) is 2.10. The Labute approximate surface area is 131 Å². The molecule has 2 aliphatic rings. The first-order valence-corrected chi connectivity index (χ1v) is 8.28. The predicted octanol–water partition coefficient (Wildman–Crippen LogP) is 3.43. The van der Waals surface area contributed by atoms with Crippen molar-refractivity contribution in [2.45, 2.75) is 37.6 Å². The predicted molar refractivity (Wildman–Crippen MR) is 89.3 cm³/mol. The van der Waals surface area contributed by atoms with Crippen LogP contribution in [0.15, 0.2) is 42.6 Å². The van der Waals surface area contributed by atoms with Crippen molar-refractivity contribution in [2.24, 2.45) is 0 Å². The molecule has 1 atom stereocenters. The standard InChI is InChI=1S/C18H22N4/c1-2-5-15(6-3-1)20-16-7-4-12-22(13-16)17-10-11-19-18(21-17)14-8-9-14/h1-3,5-6,10-11,14,16,20H,4,7-9,12-13H2. The maximum absolute atomic E-state index is 4.79. The quantitative estimate of drug-likeness (QED) is 0.938. The third-order valence-electron chi connectivity index (χ3n) is 4.49. The summed E-state index contributed by atoms with van der Waals surface area (Å²) < 4.78 is 0. The van der Waals surface area contributed by atoms with E-state index >= 15 is 0 Å². The summed E-state index contributed by atoms with van der Waals surface area (Å²) in [6, 6.07) is 13.0.